The number of amides is 2. The lowest BCUT2D eigenvalue weighted by atomic mass is 10.2. The molecule has 6 nitrogen and oxygen atoms in total. The molecule has 0 aromatic carbocycles. The topological polar surface area (TPSA) is 74.3 Å². The number of hydrogen-bond donors (Lipinski definition) is 2. The van der Waals surface area contributed by atoms with Gasteiger partial charge in [0.2, 0.25) is 11.8 Å². The standard InChI is InChI=1S/C15H24N4O2/c1-10(2)17-15(21)12(4)19(5)9-14(20)18-13-8-11(3)6-7-16-13/h6-8,10,12H,9H2,1-5H3,(H,17,21)(H,16,18,20). The van der Waals surface area contributed by atoms with Gasteiger partial charge in [-0.05, 0) is 52.4 Å². The van der Waals surface area contributed by atoms with Crippen LogP contribution in [0.15, 0.2) is 18.3 Å². The van der Waals surface area contributed by atoms with Crippen LogP contribution < -0.4 is 10.6 Å². The molecule has 1 aromatic heterocycles. The number of aromatic nitrogens is 1. The number of hydrogen-bond acceptors (Lipinski definition) is 4. The molecule has 2 amide bonds. The fraction of sp³-hybridized carbons (Fsp3) is 0.533. The summed E-state index contributed by atoms with van der Waals surface area (Å²) in [6, 6.07) is 3.37. The van der Waals surface area contributed by atoms with E-state index in [-0.39, 0.29) is 30.4 Å². The third-order valence-corrected chi connectivity index (χ3v) is 3.05. The summed E-state index contributed by atoms with van der Waals surface area (Å²) in [5.41, 5.74) is 1.03. The van der Waals surface area contributed by atoms with E-state index in [2.05, 4.69) is 15.6 Å². The molecule has 116 valence electrons. The first-order valence-corrected chi connectivity index (χ1v) is 7.02. The lowest BCUT2D eigenvalue weighted by Crippen LogP contribution is -2.47. The van der Waals surface area contributed by atoms with Crippen molar-refractivity contribution in [3.05, 3.63) is 23.9 Å². The van der Waals surface area contributed by atoms with Crippen molar-refractivity contribution in [3.8, 4) is 0 Å². The molecule has 21 heavy (non-hydrogen) atoms. The minimum atomic E-state index is -0.372. The Hall–Kier alpha value is -1.95. The van der Waals surface area contributed by atoms with E-state index in [1.807, 2.05) is 26.8 Å². The molecule has 6 heteroatoms. The summed E-state index contributed by atoms with van der Waals surface area (Å²) in [7, 11) is 1.74. The average Bonchev–Trinajstić information content (AvgIpc) is 2.36. The van der Waals surface area contributed by atoms with Crippen molar-refractivity contribution < 1.29 is 9.59 Å². The number of carbonyl (C=O) groups excluding carboxylic acids is 2. The van der Waals surface area contributed by atoms with Gasteiger partial charge in [-0.15, -0.1) is 0 Å². The van der Waals surface area contributed by atoms with Gasteiger partial charge in [-0.1, -0.05) is 0 Å². The zero-order chi connectivity index (χ0) is 16.0. The Balaban J connectivity index is 2.52. The summed E-state index contributed by atoms with van der Waals surface area (Å²) in [4.78, 5) is 29.6. The van der Waals surface area contributed by atoms with Crippen LogP contribution in [-0.4, -0.2) is 47.4 Å². The normalized spacial score (nSPS) is 12.3. The van der Waals surface area contributed by atoms with Crippen molar-refractivity contribution in [1.82, 2.24) is 15.2 Å². The molecule has 0 bridgehead atoms. The second kappa shape index (κ2) is 7.73. The number of likely N-dealkylation sites (N-methyl/N-ethyl adjacent to an activating group) is 1. The smallest absolute Gasteiger partial charge is 0.239 e. The van der Waals surface area contributed by atoms with Gasteiger partial charge in [0, 0.05) is 12.2 Å². The Morgan fingerprint density at radius 3 is 2.57 bits per heavy atom. The number of anilines is 1. The summed E-state index contributed by atoms with van der Waals surface area (Å²) >= 11 is 0. The highest BCUT2D eigenvalue weighted by atomic mass is 16.2. The molecule has 0 fully saturated rings. The molecule has 1 atom stereocenters. The van der Waals surface area contributed by atoms with E-state index in [1.54, 1.807) is 31.1 Å². The predicted octanol–water partition coefficient (Wildman–Crippen LogP) is 1.17. The first-order valence-electron chi connectivity index (χ1n) is 7.02. The van der Waals surface area contributed by atoms with Crippen LogP contribution in [0, 0.1) is 6.92 Å². The molecule has 1 aromatic rings. The highest BCUT2D eigenvalue weighted by molar-refractivity contribution is 5.92. The van der Waals surface area contributed by atoms with E-state index in [9.17, 15) is 9.59 Å². The number of pyridine rings is 1. The molecule has 0 aliphatic heterocycles. The number of nitrogens with zero attached hydrogens (tertiary/aromatic N) is 2. The predicted molar refractivity (Wildman–Crippen MR) is 83.0 cm³/mol. The zero-order valence-electron chi connectivity index (χ0n) is 13.3. The number of carbonyl (C=O) groups is 2. The minimum Gasteiger partial charge on any atom is -0.353 e. The number of rotatable bonds is 6. The van der Waals surface area contributed by atoms with Crippen molar-refractivity contribution in [2.75, 3.05) is 18.9 Å². The lowest BCUT2D eigenvalue weighted by Gasteiger charge is -2.24. The maximum atomic E-state index is 12.0. The Morgan fingerprint density at radius 2 is 2.00 bits per heavy atom. The number of nitrogens with one attached hydrogen (secondary N) is 2. The van der Waals surface area contributed by atoms with Gasteiger partial charge in [-0.25, -0.2) is 4.98 Å². The summed E-state index contributed by atoms with van der Waals surface area (Å²) < 4.78 is 0. The van der Waals surface area contributed by atoms with E-state index >= 15 is 0 Å². The van der Waals surface area contributed by atoms with Crippen LogP contribution in [0.2, 0.25) is 0 Å². The van der Waals surface area contributed by atoms with E-state index in [1.165, 1.54) is 0 Å². The largest absolute Gasteiger partial charge is 0.353 e. The Bertz CT molecular complexity index is 502. The fourth-order valence-corrected chi connectivity index (χ4v) is 1.76. The van der Waals surface area contributed by atoms with Crippen molar-refractivity contribution in [2.24, 2.45) is 0 Å². The molecule has 1 heterocycles. The van der Waals surface area contributed by atoms with Crippen LogP contribution >= 0.6 is 0 Å². The minimum absolute atomic E-state index is 0.0821. The molecular weight excluding hydrogens is 268 g/mol. The fourth-order valence-electron chi connectivity index (χ4n) is 1.76. The second-order valence-corrected chi connectivity index (χ2v) is 5.52. The Kier molecular flexibility index (Phi) is 6.30. The first-order chi connectivity index (χ1) is 9.79. The van der Waals surface area contributed by atoms with Gasteiger partial charge in [-0.3, -0.25) is 14.5 Å². The van der Waals surface area contributed by atoms with Crippen molar-refractivity contribution in [3.63, 3.8) is 0 Å². The van der Waals surface area contributed by atoms with Crippen molar-refractivity contribution in [1.29, 1.82) is 0 Å². The summed E-state index contributed by atoms with van der Waals surface area (Å²) in [6.45, 7) is 7.64. The van der Waals surface area contributed by atoms with E-state index < -0.39 is 0 Å². The van der Waals surface area contributed by atoms with Crippen LogP contribution in [0.25, 0.3) is 0 Å². The van der Waals surface area contributed by atoms with Gasteiger partial charge < -0.3 is 10.6 Å². The third-order valence-electron chi connectivity index (χ3n) is 3.05. The van der Waals surface area contributed by atoms with Gasteiger partial charge >= 0.3 is 0 Å². The van der Waals surface area contributed by atoms with E-state index in [0.717, 1.165) is 5.56 Å². The maximum Gasteiger partial charge on any atom is 0.239 e. The van der Waals surface area contributed by atoms with Gasteiger partial charge in [0.25, 0.3) is 0 Å². The van der Waals surface area contributed by atoms with E-state index in [0.29, 0.717) is 5.82 Å². The molecule has 1 rings (SSSR count). The van der Waals surface area contributed by atoms with Gasteiger partial charge in [0.1, 0.15) is 5.82 Å². The van der Waals surface area contributed by atoms with Crippen LogP contribution in [-0.2, 0) is 9.59 Å². The molecule has 0 aliphatic rings. The molecule has 0 saturated carbocycles. The SMILES string of the molecule is Cc1ccnc(NC(=O)CN(C)C(C)C(=O)NC(C)C)c1. The monoisotopic (exact) mass is 292 g/mol. The Labute approximate surface area is 125 Å². The zero-order valence-corrected chi connectivity index (χ0v) is 13.3. The molecule has 0 spiro atoms. The lowest BCUT2D eigenvalue weighted by molar-refractivity contribution is -0.127. The van der Waals surface area contributed by atoms with Gasteiger partial charge in [0.05, 0.1) is 12.6 Å². The highest BCUT2D eigenvalue weighted by Gasteiger charge is 2.20. The molecule has 0 saturated heterocycles. The van der Waals surface area contributed by atoms with Crippen molar-refractivity contribution >= 4 is 17.6 Å². The number of aryl methyl sites for hydroxylation is 1. The summed E-state index contributed by atoms with van der Waals surface area (Å²) in [6.07, 6.45) is 1.65. The third kappa shape index (κ3) is 5.91. The molecule has 2 N–H and O–H groups in total. The molecule has 0 radical (unpaired) electrons. The quantitative estimate of drug-likeness (QED) is 0.825. The summed E-state index contributed by atoms with van der Waals surface area (Å²) in [5.74, 6) is 0.237. The van der Waals surface area contributed by atoms with Crippen LogP contribution in [0.5, 0.6) is 0 Å². The van der Waals surface area contributed by atoms with Crippen LogP contribution in [0.3, 0.4) is 0 Å². The van der Waals surface area contributed by atoms with Gasteiger partial charge in [0.15, 0.2) is 0 Å². The molecule has 0 aliphatic carbocycles. The maximum absolute atomic E-state index is 12.0. The average molecular weight is 292 g/mol. The van der Waals surface area contributed by atoms with E-state index in [4.69, 9.17) is 0 Å². The highest BCUT2D eigenvalue weighted by Crippen LogP contribution is 2.05. The second-order valence-electron chi connectivity index (χ2n) is 5.52. The molecule has 1 unspecified atom stereocenters. The van der Waals surface area contributed by atoms with Crippen LogP contribution in [0.4, 0.5) is 5.82 Å². The van der Waals surface area contributed by atoms with Gasteiger partial charge in [-0.2, -0.15) is 0 Å². The van der Waals surface area contributed by atoms with Crippen molar-refractivity contribution in [2.45, 2.75) is 39.8 Å². The summed E-state index contributed by atoms with van der Waals surface area (Å²) in [5, 5.41) is 5.55. The molecular formula is C15H24N4O2. The Morgan fingerprint density at radius 1 is 1.33 bits per heavy atom. The van der Waals surface area contributed by atoms with Crippen LogP contribution in [0.1, 0.15) is 26.3 Å². The first kappa shape index (κ1) is 17.1.